The fourth-order valence-corrected chi connectivity index (χ4v) is 1.15. The maximum absolute atomic E-state index is 8.18. The average molecular weight is 207 g/mol. The van der Waals surface area contributed by atoms with Gasteiger partial charge in [-0.05, 0) is 0 Å². The summed E-state index contributed by atoms with van der Waals surface area (Å²) in [5.74, 6) is 0. The first-order valence-electron chi connectivity index (χ1n) is 1.63. The van der Waals surface area contributed by atoms with E-state index in [1.807, 2.05) is 6.07 Å². The van der Waals surface area contributed by atoms with Gasteiger partial charge in [-0.1, -0.05) is 0 Å². The molecule has 0 unspecified atom stereocenters. The first-order chi connectivity index (χ1) is 3.43. The third kappa shape index (κ3) is 0.962. The summed E-state index contributed by atoms with van der Waals surface area (Å²) in [6, 6.07) is 2.02. The van der Waals surface area contributed by atoms with E-state index in [0.717, 1.165) is 3.58 Å². The molecule has 0 aromatic heterocycles. The fraction of sp³-hybridized carbons (Fsp3) is 0. The summed E-state index contributed by atoms with van der Waals surface area (Å²) in [6.07, 6.45) is 1.65. The number of nitrogens with one attached hydrogen (secondary N) is 1. The molecule has 0 radical (unpaired) electrons. The Morgan fingerprint density at radius 2 is 2.86 bits per heavy atom. The van der Waals surface area contributed by atoms with Gasteiger partial charge in [0.15, 0.2) is 0 Å². The molecule has 4 heteroatoms. The van der Waals surface area contributed by atoms with E-state index in [-0.39, 0.29) is 21.0 Å². The number of nitrogens with zero attached hydrogens (tertiary/aromatic N) is 2. The number of hydrogen-bond acceptors (Lipinski definition) is 3. The van der Waals surface area contributed by atoms with E-state index in [9.17, 15) is 0 Å². The van der Waals surface area contributed by atoms with Crippen molar-refractivity contribution in [3.05, 3.63) is 9.78 Å². The second kappa shape index (κ2) is 2.02. The summed E-state index contributed by atoms with van der Waals surface area (Å²) in [4.78, 5) is 0. The van der Waals surface area contributed by atoms with E-state index in [2.05, 4.69) is 8.68 Å². The molecule has 1 aliphatic heterocycles. The zero-order valence-electron chi connectivity index (χ0n) is 3.35. The molecule has 7 heavy (non-hydrogen) atoms. The Morgan fingerprint density at radius 3 is 3.14 bits per heavy atom. The van der Waals surface area contributed by atoms with Gasteiger partial charge in [0.05, 0.1) is 21.0 Å². The van der Waals surface area contributed by atoms with Gasteiger partial charge in [-0.25, -0.2) is 0 Å². The van der Waals surface area contributed by atoms with Crippen LogP contribution >= 0.6 is 21.0 Å². The van der Waals surface area contributed by atoms with Crippen LogP contribution in [-0.4, -0.2) is 0 Å². The second-order valence-corrected chi connectivity index (χ2v) is 3.03. The maximum atomic E-state index is 8.18. The number of nitriles is 1. The quantitative estimate of drug-likeness (QED) is 0.602. The van der Waals surface area contributed by atoms with Crippen molar-refractivity contribution in [1.82, 2.24) is 5.43 Å². The highest BCUT2D eigenvalue weighted by Gasteiger charge is 1.93. The van der Waals surface area contributed by atoms with Gasteiger partial charge in [-0.3, -0.25) is 5.43 Å². The highest BCUT2D eigenvalue weighted by molar-refractivity contribution is 14.2. The minimum Gasteiger partial charge on any atom is -0.279 e. The standard InChI is InChI=1S/C3H2IN3/c5-1-3-2-6-7-4-3/h2,6H. The van der Waals surface area contributed by atoms with Crippen LogP contribution in [0.3, 0.4) is 0 Å². The van der Waals surface area contributed by atoms with E-state index < -0.39 is 0 Å². The van der Waals surface area contributed by atoms with Crippen molar-refractivity contribution in [2.75, 3.05) is 0 Å². The lowest BCUT2D eigenvalue weighted by Crippen LogP contribution is -1.83. The molecule has 0 amide bonds. The van der Waals surface area contributed by atoms with Crippen LogP contribution in [0, 0.1) is 11.3 Å². The normalized spacial score (nSPS) is 16.1. The minimum atomic E-state index is -0.310. The summed E-state index contributed by atoms with van der Waals surface area (Å²) in [5, 5.41) is 8.18. The molecule has 3 nitrogen and oxygen atoms in total. The number of rotatable bonds is 0. The molecule has 1 heterocycles. The number of allylic oxidation sites excluding steroid dienone is 1. The Balaban J connectivity index is 2.75. The topological polar surface area (TPSA) is 48.2 Å². The van der Waals surface area contributed by atoms with Crippen molar-refractivity contribution in [1.29, 1.82) is 5.26 Å². The van der Waals surface area contributed by atoms with Crippen molar-refractivity contribution < 1.29 is 0 Å². The lowest BCUT2D eigenvalue weighted by molar-refractivity contribution is 1.01. The van der Waals surface area contributed by atoms with Gasteiger partial charge >= 0.3 is 0 Å². The Bertz CT molecular complexity index is 164. The van der Waals surface area contributed by atoms with E-state index in [1.54, 1.807) is 6.20 Å². The molecule has 1 N–H and O–H groups in total. The minimum absolute atomic E-state index is 0.310. The molecule has 0 fully saturated rings. The predicted octanol–water partition coefficient (Wildman–Crippen LogP) is 1.02. The van der Waals surface area contributed by atoms with E-state index in [4.69, 9.17) is 5.26 Å². The smallest absolute Gasteiger partial charge is 0.122 e. The largest absolute Gasteiger partial charge is 0.279 e. The highest BCUT2D eigenvalue weighted by atomic mass is 127. The Kier molecular flexibility index (Phi) is 1.36. The molecule has 0 aromatic carbocycles. The van der Waals surface area contributed by atoms with Crippen LogP contribution in [0.4, 0.5) is 0 Å². The van der Waals surface area contributed by atoms with Crippen molar-refractivity contribution in [2.45, 2.75) is 0 Å². The van der Waals surface area contributed by atoms with Crippen molar-refractivity contribution in [3.63, 3.8) is 0 Å². The summed E-state index contributed by atoms with van der Waals surface area (Å²) >= 11 is -0.310. The van der Waals surface area contributed by atoms with Crippen molar-refractivity contribution >= 4 is 21.0 Å². The highest BCUT2D eigenvalue weighted by Crippen LogP contribution is 2.16. The molecule has 0 aromatic rings. The van der Waals surface area contributed by atoms with Gasteiger partial charge in [-0.2, -0.15) is 5.26 Å². The Labute approximate surface area is 51.1 Å². The van der Waals surface area contributed by atoms with Crippen LogP contribution in [0.15, 0.2) is 13.0 Å². The van der Waals surface area contributed by atoms with Gasteiger partial charge in [0.25, 0.3) is 0 Å². The molecular formula is C3H2IN3. The fourth-order valence-electron chi connectivity index (χ4n) is 0.227. The first-order valence-corrected chi connectivity index (χ1v) is 3.68. The summed E-state index contributed by atoms with van der Waals surface area (Å²) in [6.45, 7) is 0. The second-order valence-electron chi connectivity index (χ2n) is 0.902. The van der Waals surface area contributed by atoms with Gasteiger partial charge in [0.2, 0.25) is 0 Å². The van der Waals surface area contributed by atoms with Gasteiger partial charge < -0.3 is 0 Å². The van der Waals surface area contributed by atoms with Gasteiger partial charge in [0.1, 0.15) is 9.65 Å². The molecule has 0 spiro atoms. The molecule has 0 saturated heterocycles. The SMILES string of the molecule is N#CC1=CNN=I1. The summed E-state index contributed by atoms with van der Waals surface area (Å²) in [7, 11) is 0. The lowest BCUT2D eigenvalue weighted by atomic mass is 10.7. The van der Waals surface area contributed by atoms with Crippen LogP contribution in [0.5, 0.6) is 0 Å². The average Bonchev–Trinajstić information content (AvgIpc) is 2.14. The van der Waals surface area contributed by atoms with Crippen LogP contribution in [0.1, 0.15) is 0 Å². The van der Waals surface area contributed by atoms with Crippen molar-refractivity contribution in [3.8, 4) is 6.07 Å². The molecule has 0 aliphatic carbocycles. The first kappa shape index (κ1) is 4.71. The summed E-state index contributed by atoms with van der Waals surface area (Å²) in [5.41, 5.74) is 2.61. The third-order valence-corrected chi connectivity index (χ3v) is 2.07. The van der Waals surface area contributed by atoms with Crippen LogP contribution in [0.2, 0.25) is 0 Å². The van der Waals surface area contributed by atoms with E-state index in [0.29, 0.717) is 0 Å². The molecule has 1 rings (SSSR count). The predicted molar refractivity (Wildman–Crippen MR) is 33.3 cm³/mol. The molecular weight excluding hydrogens is 205 g/mol. The molecule has 0 atom stereocenters. The molecule has 1 aliphatic rings. The number of hydrogen-bond donors (Lipinski definition) is 1. The zero-order chi connectivity index (χ0) is 5.11. The van der Waals surface area contributed by atoms with E-state index >= 15 is 0 Å². The Morgan fingerprint density at radius 1 is 2.00 bits per heavy atom. The van der Waals surface area contributed by atoms with Crippen LogP contribution in [-0.2, 0) is 0 Å². The number of halogens is 1. The van der Waals surface area contributed by atoms with Gasteiger partial charge in [-0.15, -0.1) is 3.25 Å². The van der Waals surface area contributed by atoms with E-state index in [1.165, 1.54) is 0 Å². The molecule has 36 valence electrons. The molecule has 0 bridgehead atoms. The zero-order valence-corrected chi connectivity index (χ0v) is 5.51. The lowest BCUT2D eigenvalue weighted by Gasteiger charge is -1.69. The Hall–Kier alpha value is -0.440. The van der Waals surface area contributed by atoms with Gasteiger partial charge in [0, 0.05) is 6.20 Å². The van der Waals surface area contributed by atoms with Crippen LogP contribution in [0.25, 0.3) is 0 Å². The van der Waals surface area contributed by atoms with Crippen molar-refractivity contribution in [2.24, 2.45) is 3.25 Å². The maximum Gasteiger partial charge on any atom is 0.122 e. The third-order valence-electron chi connectivity index (χ3n) is 0.480. The summed E-state index contributed by atoms with van der Waals surface area (Å²) < 4.78 is 4.58. The monoisotopic (exact) mass is 207 g/mol. The molecule has 0 saturated carbocycles. The van der Waals surface area contributed by atoms with Crippen LogP contribution < -0.4 is 5.43 Å².